The quantitative estimate of drug-likeness (QED) is 0.384. The summed E-state index contributed by atoms with van der Waals surface area (Å²) in [6.07, 6.45) is 5.56. The topological polar surface area (TPSA) is 65.0 Å². The molecule has 148 valence electrons. The van der Waals surface area contributed by atoms with Crippen LogP contribution in [-0.2, 0) is 4.74 Å². The fraction of sp³-hybridized carbons (Fsp3) is 0.273. The van der Waals surface area contributed by atoms with Crippen molar-refractivity contribution in [2.24, 2.45) is 0 Å². The molecule has 0 amide bonds. The Morgan fingerprint density at radius 3 is 2.72 bits per heavy atom. The van der Waals surface area contributed by atoms with Crippen molar-refractivity contribution in [1.29, 1.82) is 0 Å². The van der Waals surface area contributed by atoms with Gasteiger partial charge in [0, 0.05) is 31.0 Å². The second-order valence-corrected chi connectivity index (χ2v) is 8.41. The summed E-state index contributed by atoms with van der Waals surface area (Å²) in [7, 11) is 0. The maximum absolute atomic E-state index is 6.35. The molecule has 0 bridgehead atoms. The first kappa shape index (κ1) is 18.6. The van der Waals surface area contributed by atoms with Gasteiger partial charge in [0.05, 0.1) is 15.3 Å². The minimum Gasteiger partial charge on any atom is -0.453 e. The Bertz CT molecular complexity index is 1140. The minimum atomic E-state index is 0.361. The van der Waals surface area contributed by atoms with Crippen molar-refractivity contribution in [3.05, 3.63) is 63.7 Å². The van der Waals surface area contributed by atoms with Gasteiger partial charge in [-0.3, -0.25) is 9.67 Å². The smallest absolute Gasteiger partial charge is 0.168 e. The molecule has 1 N–H and O–H groups in total. The van der Waals surface area contributed by atoms with Crippen LogP contribution in [0.1, 0.15) is 30.0 Å². The molecule has 7 heteroatoms. The van der Waals surface area contributed by atoms with Gasteiger partial charge in [0.1, 0.15) is 17.1 Å². The number of H-pyrrole nitrogens is 1. The van der Waals surface area contributed by atoms with Crippen LogP contribution in [0.4, 0.5) is 0 Å². The first-order valence-electron chi connectivity index (χ1n) is 9.73. The number of rotatable bonds is 4. The fourth-order valence-electron chi connectivity index (χ4n) is 3.83. The SMILES string of the molecule is Cc1ccc(-n2c(I)cc3c(Oc4c[nH]nc4C4CCOCC4)ccnc32)cc1. The number of nitrogens with one attached hydrogen (secondary N) is 1. The molecule has 0 aliphatic carbocycles. The van der Waals surface area contributed by atoms with Crippen LogP contribution in [0.3, 0.4) is 0 Å². The third kappa shape index (κ3) is 3.53. The van der Waals surface area contributed by atoms with Gasteiger partial charge in [-0.15, -0.1) is 0 Å². The summed E-state index contributed by atoms with van der Waals surface area (Å²) >= 11 is 2.35. The molecule has 1 aliphatic rings. The predicted octanol–water partition coefficient (Wildman–Crippen LogP) is 5.35. The Morgan fingerprint density at radius 2 is 1.93 bits per heavy atom. The Morgan fingerprint density at radius 1 is 1.14 bits per heavy atom. The van der Waals surface area contributed by atoms with Crippen molar-refractivity contribution in [1.82, 2.24) is 19.7 Å². The second-order valence-electron chi connectivity index (χ2n) is 7.31. The average Bonchev–Trinajstić information content (AvgIpc) is 3.34. The van der Waals surface area contributed by atoms with E-state index in [9.17, 15) is 0 Å². The minimum absolute atomic E-state index is 0.361. The molecule has 4 aromatic rings. The van der Waals surface area contributed by atoms with Gasteiger partial charge in [0.15, 0.2) is 5.75 Å². The van der Waals surface area contributed by atoms with Crippen LogP contribution < -0.4 is 4.74 Å². The molecular formula is C22H21IN4O2. The first-order valence-corrected chi connectivity index (χ1v) is 10.8. The van der Waals surface area contributed by atoms with Crippen LogP contribution in [0.2, 0.25) is 0 Å². The molecule has 5 rings (SSSR count). The van der Waals surface area contributed by atoms with Crippen molar-refractivity contribution < 1.29 is 9.47 Å². The summed E-state index contributed by atoms with van der Waals surface area (Å²) < 4.78 is 15.1. The van der Waals surface area contributed by atoms with E-state index in [1.807, 2.05) is 12.3 Å². The Balaban J connectivity index is 1.53. The average molecular weight is 500 g/mol. The normalized spacial score (nSPS) is 15.1. The predicted molar refractivity (Wildman–Crippen MR) is 120 cm³/mol. The molecule has 1 saturated heterocycles. The number of aryl methyl sites for hydroxylation is 1. The summed E-state index contributed by atoms with van der Waals surface area (Å²) in [5, 5.41) is 8.42. The highest BCUT2D eigenvalue weighted by molar-refractivity contribution is 14.1. The molecule has 0 atom stereocenters. The molecule has 0 spiro atoms. The third-order valence-electron chi connectivity index (χ3n) is 5.37. The lowest BCUT2D eigenvalue weighted by Crippen LogP contribution is -2.14. The number of halogens is 1. The van der Waals surface area contributed by atoms with Gasteiger partial charge in [-0.25, -0.2) is 4.98 Å². The van der Waals surface area contributed by atoms with Crippen LogP contribution in [-0.4, -0.2) is 33.0 Å². The number of aromatic nitrogens is 4. The monoisotopic (exact) mass is 500 g/mol. The number of hydrogen-bond acceptors (Lipinski definition) is 4. The number of pyridine rings is 1. The van der Waals surface area contributed by atoms with Gasteiger partial charge >= 0.3 is 0 Å². The molecule has 1 fully saturated rings. The molecule has 3 aromatic heterocycles. The van der Waals surface area contributed by atoms with E-state index >= 15 is 0 Å². The summed E-state index contributed by atoms with van der Waals surface area (Å²) in [6, 6.07) is 12.5. The summed E-state index contributed by atoms with van der Waals surface area (Å²) in [5.74, 6) is 1.93. The Labute approximate surface area is 182 Å². The van der Waals surface area contributed by atoms with E-state index in [1.165, 1.54) is 5.56 Å². The lowest BCUT2D eigenvalue weighted by molar-refractivity contribution is 0.0841. The van der Waals surface area contributed by atoms with Crippen molar-refractivity contribution in [2.45, 2.75) is 25.7 Å². The lowest BCUT2D eigenvalue weighted by atomic mass is 9.96. The molecule has 0 unspecified atom stereocenters. The molecule has 0 saturated carbocycles. The maximum atomic E-state index is 6.35. The van der Waals surface area contributed by atoms with Crippen LogP contribution in [0, 0.1) is 10.6 Å². The zero-order chi connectivity index (χ0) is 19.8. The second kappa shape index (κ2) is 7.79. The number of benzene rings is 1. The largest absolute Gasteiger partial charge is 0.453 e. The van der Waals surface area contributed by atoms with E-state index in [2.05, 4.69) is 79.6 Å². The zero-order valence-electron chi connectivity index (χ0n) is 16.1. The van der Waals surface area contributed by atoms with Crippen molar-refractivity contribution >= 4 is 33.6 Å². The summed E-state index contributed by atoms with van der Waals surface area (Å²) in [6.45, 7) is 3.63. The highest BCUT2D eigenvalue weighted by Gasteiger charge is 2.23. The summed E-state index contributed by atoms with van der Waals surface area (Å²) in [5.41, 5.74) is 4.18. The zero-order valence-corrected chi connectivity index (χ0v) is 18.2. The van der Waals surface area contributed by atoms with Gasteiger partial charge in [0.25, 0.3) is 0 Å². The summed E-state index contributed by atoms with van der Waals surface area (Å²) in [4.78, 5) is 4.64. The molecule has 6 nitrogen and oxygen atoms in total. The van der Waals surface area contributed by atoms with E-state index in [0.717, 1.165) is 63.7 Å². The van der Waals surface area contributed by atoms with Crippen molar-refractivity contribution in [3.8, 4) is 17.2 Å². The van der Waals surface area contributed by atoms with Gasteiger partial charge in [-0.05, 0) is 66.6 Å². The Hall–Kier alpha value is -2.39. The van der Waals surface area contributed by atoms with E-state index in [1.54, 1.807) is 6.20 Å². The first-order chi connectivity index (χ1) is 14.2. The van der Waals surface area contributed by atoms with Crippen molar-refractivity contribution in [2.75, 3.05) is 13.2 Å². The van der Waals surface area contributed by atoms with E-state index in [4.69, 9.17) is 9.47 Å². The van der Waals surface area contributed by atoms with Gasteiger partial charge in [-0.1, -0.05) is 17.7 Å². The Kier molecular flexibility index (Phi) is 5.01. The van der Waals surface area contributed by atoms with Gasteiger partial charge < -0.3 is 9.47 Å². The number of nitrogens with zero attached hydrogens (tertiary/aromatic N) is 3. The van der Waals surface area contributed by atoms with Gasteiger partial charge in [-0.2, -0.15) is 5.10 Å². The fourth-order valence-corrected chi connectivity index (χ4v) is 4.64. The van der Waals surface area contributed by atoms with Crippen molar-refractivity contribution in [3.63, 3.8) is 0 Å². The number of ether oxygens (including phenoxy) is 2. The maximum Gasteiger partial charge on any atom is 0.168 e. The molecular weight excluding hydrogens is 479 g/mol. The molecule has 1 aromatic carbocycles. The van der Waals surface area contributed by atoms with Crippen LogP contribution in [0.15, 0.2) is 48.8 Å². The van der Waals surface area contributed by atoms with E-state index in [-0.39, 0.29) is 0 Å². The number of fused-ring (bicyclic) bond motifs is 1. The molecule has 4 heterocycles. The van der Waals surface area contributed by atoms with Crippen LogP contribution in [0.5, 0.6) is 11.5 Å². The molecule has 1 aliphatic heterocycles. The molecule has 29 heavy (non-hydrogen) atoms. The van der Waals surface area contributed by atoms with Crippen LogP contribution >= 0.6 is 22.6 Å². The standard InChI is InChI=1S/C22H21IN4O2/c1-14-2-4-16(5-3-14)27-20(23)12-17-18(6-9-24-22(17)27)29-19-13-25-26-21(19)15-7-10-28-11-8-15/h2-6,9,12-13,15H,7-8,10-11H2,1H3,(H,25,26). The van der Waals surface area contributed by atoms with E-state index in [0.29, 0.717) is 5.92 Å². The number of hydrogen-bond donors (Lipinski definition) is 1. The molecule has 0 radical (unpaired) electrons. The third-order valence-corrected chi connectivity index (χ3v) is 6.16. The number of aromatic amines is 1. The van der Waals surface area contributed by atoms with Crippen LogP contribution in [0.25, 0.3) is 16.7 Å². The highest BCUT2D eigenvalue weighted by Crippen LogP contribution is 2.37. The lowest BCUT2D eigenvalue weighted by Gasteiger charge is -2.21. The highest BCUT2D eigenvalue weighted by atomic mass is 127. The van der Waals surface area contributed by atoms with Gasteiger partial charge in [0.2, 0.25) is 0 Å². The van der Waals surface area contributed by atoms with E-state index < -0.39 is 0 Å².